The molecule has 0 spiro atoms. The summed E-state index contributed by atoms with van der Waals surface area (Å²) in [6.07, 6.45) is 1.23. The number of Topliss-reactive ketones (excluding diaryl/α,β-unsaturated/α-hetero) is 1. The minimum Gasteiger partial charge on any atom is -0.505 e. The number of hydrogen-bond acceptors (Lipinski definition) is 4. The fourth-order valence-electron chi connectivity index (χ4n) is 2.52. The first-order valence-corrected chi connectivity index (χ1v) is 7.86. The molecule has 1 aliphatic heterocycles. The lowest BCUT2D eigenvalue weighted by Crippen LogP contribution is -2.49. The molecule has 0 radical (unpaired) electrons. The van der Waals surface area contributed by atoms with E-state index in [0.717, 1.165) is 12.8 Å². The van der Waals surface area contributed by atoms with Gasteiger partial charge in [0.15, 0.2) is 5.78 Å². The Labute approximate surface area is 137 Å². The average Bonchev–Trinajstić information content (AvgIpc) is 3.36. The van der Waals surface area contributed by atoms with Crippen molar-refractivity contribution in [2.45, 2.75) is 18.9 Å². The maximum Gasteiger partial charge on any atom is 0.257 e. The number of halogens is 2. The zero-order chi connectivity index (χ0) is 15.9. The van der Waals surface area contributed by atoms with E-state index in [2.05, 4.69) is 0 Å². The molecular weight excluding hydrogens is 329 g/mol. The van der Waals surface area contributed by atoms with E-state index in [-0.39, 0.29) is 45.5 Å². The van der Waals surface area contributed by atoms with E-state index in [0.29, 0.717) is 13.2 Å². The molecule has 118 valence electrons. The minimum atomic E-state index is -0.574. The number of amides is 1. The highest BCUT2D eigenvalue weighted by Gasteiger charge is 2.38. The first-order chi connectivity index (χ1) is 10.5. The highest BCUT2D eigenvalue weighted by molar-refractivity contribution is 6.43. The van der Waals surface area contributed by atoms with Crippen LogP contribution in [0.5, 0.6) is 5.75 Å². The zero-order valence-corrected chi connectivity index (χ0v) is 13.2. The van der Waals surface area contributed by atoms with E-state index in [1.807, 2.05) is 0 Å². The molecule has 0 bridgehead atoms. The Morgan fingerprint density at radius 1 is 1.27 bits per heavy atom. The molecule has 0 aromatic heterocycles. The van der Waals surface area contributed by atoms with Gasteiger partial charge in [-0.1, -0.05) is 23.2 Å². The van der Waals surface area contributed by atoms with Gasteiger partial charge in [0.2, 0.25) is 0 Å². The van der Waals surface area contributed by atoms with Crippen molar-refractivity contribution in [3.8, 4) is 5.75 Å². The molecule has 1 saturated heterocycles. The normalized spacial score (nSPS) is 21.7. The van der Waals surface area contributed by atoms with Crippen LogP contribution in [-0.2, 0) is 9.53 Å². The van der Waals surface area contributed by atoms with Gasteiger partial charge in [0.1, 0.15) is 16.9 Å². The summed E-state index contributed by atoms with van der Waals surface area (Å²) in [5, 5.41) is 10.1. The molecule has 1 amide bonds. The Morgan fingerprint density at radius 3 is 2.68 bits per heavy atom. The van der Waals surface area contributed by atoms with Gasteiger partial charge in [0.25, 0.3) is 5.91 Å². The second-order valence-corrected chi connectivity index (χ2v) is 6.33. The van der Waals surface area contributed by atoms with E-state index < -0.39 is 6.10 Å². The van der Waals surface area contributed by atoms with Crippen LogP contribution < -0.4 is 0 Å². The second kappa shape index (κ2) is 6.07. The Bertz CT molecular complexity index is 630. The molecular formula is C15H15Cl2NO4. The summed E-state index contributed by atoms with van der Waals surface area (Å²) in [6, 6.07) is 2.89. The lowest BCUT2D eigenvalue weighted by molar-refractivity contribution is -0.136. The summed E-state index contributed by atoms with van der Waals surface area (Å²) in [5.74, 6) is -0.571. The Morgan fingerprint density at radius 2 is 2.00 bits per heavy atom. The van der Waals surface area contributed by atoms with Gasteiger partial charge in [-0.05, 0) is 25.0 Å². The number of benzene rings is 1. The summed E-state index contributed by atoms with van der Waals surface area (Å²) in [5.41, 5.74) is 0.0777. The Hall–Kier alpha value is -1.30. The molecule has 1 aliphatic carbocycles. The number of hydrogen-bond donors (Lipinski definition) is 1. The quantitative estimate of drug-likeness (QED) is 0.915. The first kappa shape index (κ1) is 15.6. The van der Waals surface area contributed by atoms with Crippen molar-refractivity contribution in [2.24, 2.45) is 5.92 Å². The third-order valence-electron chi connectivity index (χ3n) is 3.95. The van der Waals surface area contributed by atoms with Crippen LogP contribution in [0, 0.1) is 5.92 Å². The summed E-state index contributed by atoms with van der Waals surface area (Å²) < 4.78 is 5.48. The van der Waals surface area contributed by atoms with Crippen molar-refractivity contribution in [3.05, 3.63) is 27.7 Å². The van der Waals surface area contributed by atoms with Gasteiger partial charge in [0.05, 0.1) is 23.7 Å². The minimum absolute atomic E-state index is 0.0496. The van der Waals surface area contributed by atoms with E-state index in [1.54, 1.807) is 0 Å². The predicted molar refractivity (Wildman–Crippen MR) is 81.5 cm³/mol. The van der Waals surface area contributed by atoms with Crippen molar-refractivity contribution in [1.82, 2.24) is 4.90 Å². The molecule has 5 nitrogen and oxygen atoms in total. The predicted octanol–water partition coefficient (Wildman–Crippen LogP) is 2.52. The maximum atomic E-state index is 12.5. The van der Waals surface area contributed by atoms with Gasteiger partial charge >= 0.3 is 0 Å². The molecule has 2 aliphatic rings. The third-order valence-corrected chi connectivity index (χ3v) is 4.74. The smallest absolute Gasteiger partial charge is 0.257 e. The van der Waals surface area contributed by atoms with Crippen molar-refractivity contribution in [2.75, 3.05) is 19.7 Å². The van der Waals surface area contributed by atoms with Crippen LogP contribution in [0.15, 0.2) is 12.1 Å². The second-order valence-electron chi connectivity index (χ2n) is 5.54. The fourth-order valence-corrected chi connectivity index (χ4v) is 2.84. The molecule has 1 atom stereocenters. The maximum absolute atomic E-state index is 12.5. The van der Waals surface area contributed by atoms with Crippen molar-refractivity contribution < 1.29 is 19.4 Å². The number of ketones is 1. The summed E-state index contributed by atoms with van der Waals surface area (Å²) in [4.78, 5) is 26.1. The van der Waals surface area contributed by atoms with E-state index >= 15 is 0 Å². The number of morpholine rings is 1. The number of rotatable bonds is 3. The highest BCUT2D eigenvalue weighted by atomic mass is 35.5. The van der Waals surface area contributed by atoms with Crippen LogP contribution >= 0.6 is 23.2 Å². The molecule has 2 fully saturated rings. The van der Waals surface area contributed by atoms with Crippen LogP contribution in [0.1, 0.15) is 23.2 Å². The van der Waals surface area contributed by atoms with Crippen molar-refractivity contribution in [3.63, 3.8) is 0 Å². The topological polar surface area (TPSA) is 66.8 Å². The first-order valence-electron chi connectivity index (χ1n) is 7.10. The number of phenols is 1. The number of nitrogens with zero attached hydrogens (tertiary/aromatic N) is 1. The molecule has 1 heterocycles. The van der Waals surface area contributed by atoms with Crippen LogP contribution in [0.25, 0.3) is 0 Å². The monoisotopic (exact) mass is 343 g/mol. The molecule has 1 unspecified atom stereocenters. The SMILES string of the molecule is O=C(C1CC1)C1CN(C(=O)c2ccc(Cl)c(Cl)c2O)CCO1. The van der Waals surface area contributed by atoms with Crippen molar-refractivity contribution >= 4 is 34.9 Å². The number of carbonyl (C=O) groups excluding carboxylic acids is 2. The number of aromatic hydroxyl groups is 1. The Kier molecular flexibility index (Phi) is 4.30. The van der Waals surface area contributed by atoms with Gasteiger partial charge in [0, 0.05) is 12.5 Å². The zero-order valence-electron chi connectivity index (χ0n) is 11.7. The third kappa shape index (κ3) is 2.93. The van der Waals surface area contributed by atoms with Crippen LogP contribution in [0.2, 0.25) is 10.0 Å². The van der Waals surface area contributed by atoms with Crippen molar-refractivity contribution in [1.29, 1.82) is 0 Å². The standard InChI is InChI=1S/C15H15Cl2NO4/c16-10-4-3-9(14(20)12(10)17)15(21)18-5-6-22-11(7-18)13(19)8-1-2-8/h3-4,8,11,20H,1-2,5-7H2. The molecule has 7 heteroatoms. The number of ether oxygens (including phenoxy) is 1. The van der Waals surface area contributed by atoms with E-state index in [9.17, 15) is 14.7 Å². The fraction of sp³-hybridized carbons (Fsp3) is 0.467. The lowest BCUT2D eigenvalue weighted by Gasteiger charge is -2.32. The molecule has 1 aromatic carbocycles. The summed E-state index contributed by atoms with van der Waals surface area (Å²) >= 11 is 11.7. The summed E-state index contributed by atoms with van der Waals surface area (Å²) in [7, 11) is 0. The van der Waals surface area contributed by atoms with Crippen LogP contribution in [0.3, 0.4) is 0 Å². The number of carbonyl (C=O) groups is 2. The molecule has 22 heavy (non-hydrogen) atoms. The van der Waals surface area contributed by atoms with Gasteiger partial charge in [-0.2, -0.15) is 0 Å². The molecule has 1 N–H and O–H groups in total. The molecule has 3 rings (SSSR count). The van der Waals surface area contributed by atoms with Crippen LogP contribution in [0.4, 0.5) is 0 Å². The number of phenolic OH excluding ortho intramolecular Hbond substituents is 1. The highest BCUT2D eigenvalue weighted by Crippen LogP contribution is 2.35. The van der Waals surface area contributed by atoms with Gasteiger partial charge in [-0.25, -0.2) is 0 Å². The van der Waals surface area contributed by atoms with E-state index in [4.69, 9.17) is 27.9 Å². The van der Waals surface area contributed by atoms with Crippen LogP contribution in [-0.4, -0.2) is 47.5 Å². The summed E-state index contributed by atoms with van der Waals surface area (Å²) in [6.45, 7) is 0.873. The van der Waals surface area contributed by atoms with E-state index in [1.165, 1.54) is 17.0 Å². The lowest BCUT2D eigenvalue weighted by atomic mass is 10.1. The van der Waals surface area contributed by atoms with Gasteiger partial charge in [-0.3, -0.25) is 9.59 Å². The van der Waals surface area contributed by atoms with Gasteiger partial charge in [-0.15, -0.1) is 0 Å². The van der Waals surface area contributed by atoms with Gasteiger partial charge < -0.3 is 14.7 Å². The molecule has 1 aromatic rings. The average molecular weight is 344 g/mol. The Balaban J connectivity index is 1.77. The largest absolute Gasteiger partial charge is 0.505 e. The molecule has 1 saturated carbocycles.